The summed E-state index contributed by atoms with van der Waals surface area (Å²) in [6, 6.07) is 15.2. The Morgan fingerprint density at radius 2 is 1.71 bits per heavy atom. The molecule has 1 aliphatic rings. The Kier molecular flexibility index (Phi) is 6.91. The summed E-state index contributed by atoms with van der Waals surface area (Å²) in [4.78, 5) is 17.3. The molecule has 7 nitrogen and oxygen atoms in total. The molecule has 0 atom stereocenters. The number of piperazine rings is 1. The van der Waals surface area contributed by atoms with Gasteiger partial charge in [0.15, 0.2) is 0 Å². The van der Waals surface area contributed by atoms with E-state index < -0.39 is 10.0 Å². The van der Waals surface area contributed by atoms with Gasteiger partial charge in [-0.3, -0.25) is 14.4 Å². The average molecular weight is 446 g/mol. The van der Waals surface area contributed by atoms with Crippen molar-refractivity contribution in [1.82, 2.24) is 9.80 Å². The Labute approximate surface area is 185 Å². The largest absolute Gasteiger partial charge is 0.495 e. The summed E-state index contributed by atoms with van der Waals surface area (Å²) in [5, 5.41) is 0. The fourth-order valence-corrected chi connectivity index (χ4v) is 4.48. The minimum atomic E-state index is -3.43. The van der Waals surface area contributed by atoms with E-state index in [0.717, 1.165) is 13.1 Å². The zero-order chi connectivity index (χ0) is 22.6. The van der Waals surface area contributed by atoms with Gasteiger partial charge in [-0.25, -0.2) is 8.42 Å². The van der Waals surface area contributed by atoms with Crippen molar-refractivity contribution in [3.8, 4) is 5.75 Å². The van der Waals surface area contributed by atoms with Gasteiger partial charge in [-0.2, -0.15) is 0 Å². The van der Waals surface area contributed by atoms with E-state index in [1.165, 1.54) is 12.7 Å². The zero-order valence-corrected chi connectivity index (χ0v) is 19.4. The van der Waals surface area contributed by atoms with E-state index in [2.05, 4.69) is 47.7 Å². The number of sulfonamides is 1. The van der Waals surface area contributed by atoms with Crippen LogP contribution < -0.4 is 9.46 Å². The molecule has 0 aliphatic carbocycles. The van der Waals surface area contributed by atoms with E-state index >= 15 is 0 Å². The second kappa shape index (κ2) is 9.28. The first kappa shape index (κ1) is 23.1. The highest BCUT2D eigenvalue weighted by Crippen LogP contribution is 2.30. The van der Waals surface area contributed by atoms with Crippen LogP contribution in [-0.4, -0.2) is 63.2 Å². The van der Waals surface area contributed by atoms with E-state index in [-0.39, 0.29) is 17.2 Å². The highest BCUT2D eigenvalue weighted by Gasteiger charge is 2.32. The van der Waals surface area contributed by atoms with Crippen molar-refractivity contribution in [2.45, 2.75) is 26.3 Å². The summed E-state index contributed by atoms with van der Waals surface area (Å²) in [5.41, 5.74) is 1.95. The molecule has 1 saturated heterocycles. The number of amides is 1. The van der Waals surface area contributed by atoms with Crippen LogP contribution in [0.3, 0.4) is 0 Å². The van der Waals surface area contributed by atoms with E-state index in [0.29, 0.717) is 30.1 Å². The number of carbonyl (C=O) groups is 1. The monoisotopic (exact) mass is 445 g/mol. The summed E-state index contributed by atoms with van der Waals surface area (Å²) < 4.78 is 31.5. The van der Waals surface area contributed by atoms with Crippen LogP contribution >= 0.6 is 0 Å². The van der Waals surface area contributed by atoms with Gasteiger partial charge in [0.1, 0.15) is 5.75 Å². The number of nitrogens with one attached hydrogen (secondary N) is 1. The van der Waals surface area contributed by atoms with Crippen molar-refractivity contribution < 1.29 is 17.9 Å². The van der Waals surface area contributed by atoms with Crippen LogP contribution in [0.5, 0.6) is 5.75 Å². The highest BCUT2D eigenvalue weighted by atomic mass is 32.2. The van der Waals surface area contributed by atoms with Crippen LogP contribution in [0.2, 0.25) is 0 Å². The summed E-state index contributed by atoms with van der Waals surface area (Å²) >= 11 is 0. The molecule has 1 fully saturated rings. The molecule has 2 aromatic rings. The number of benzene rings is 2. The SMILES string of the molecule is CCS(=O)(=O)Nc1ccc(C(=O)N2CCN(C(C)(C)c3ccccc3)CC2)cc1OC. The molecule has 0 saturated carbocycles. The van der Waals surface area contributed by atoms with Gasteiger partial charge in [-0.05, 0) is 44.5 Å². The van der Waals surface area contributed by atoms with Crippen LogP contribution in [0.25, 0.3) is 0 Å². The van der Waals surface area contributed by atoms with Crippen molar-refractivity contribution >= 4 is 21.6 Å². The molecule has 0 spiro atoms. The Morgan fingerprint density at radius 1 is 1.06 bits per heavy atom. The smallest absolute Gasteiger partial charge is 0.254 e. The van der Waals surface area contributed by atoms with Gasteiger partial charge in [-0.15, -0.1) is 0 Å². The predicted molar refractivity (Wildman–Crippen MR) is 123 cm³/mol. The number of nitrogens with zero attached hydrogens (tertiary/aromatic N) is 2. The van der Waals surface area contributed by atoms with Crippen molar-refractivity contribution in [3.05, 3.63) is 59.7 Å². The Hall–Kier alpha value is -2.58. The third-order valence-corrected chi connectivity index (χ3v) is 7.22. The van der Waals surface area contributed by atoms with E-state index in [9.17, 15) is 13.2 Å². The molecular formula is C23H31N3O4S. The Bertz CT molecular complexity index is 1010. The quantitative estimate of drug-likeness (QED) is 0.708. The van der Waals surface area contributed by atoms with Crippen LogP contribution in [0.4, 0.5) is 5.69 Å². The predicted octanol–water partition coefficient (Wildman–Crippen LogP) is 3.15. The van der Waals surface area contributed by atoms with Crippen LogP contribution in [0, 0.1) is 0 Å². The first-order chi connectivity index (χ1) is 14.7. The van der Waals surface area contributed by atoms with Gasteiger partial charge in [-0.1, -0.05) is 30.3 Å². The summed E-state index contributed by atoms with van der Waals surface area (Å²) in [6.07, 6.45) is 0. The number of anilines is 1. The molecule has 1 heterocycles. The van der Waals surface area contributed by atoms with Gasteiger partial charge in [0, 0.05) is 37.3 Å². The van der Waals surface area contributed by atoms with Crippen molar-refractivity contribution in [2.75, 3.05) is 43.8 Å². The second-order valence-corrected chi connectivity index (χ2v) is 10.1. The normalized spacial score (nSPS) is 15.5. The van der Waals surface area contributed by atoms with Gasteiger partial charge in [0.05, 0.1) is 18.6 Å². The summed E-state index contributed by atoms with van der Waals surface area (Å²) in [7, 11) is -1.98. The second-order valence-electron chi connectivity index (χ2n) is 8.12. The van der Waals surface area contributed by atoms with E-state index in [1.807, 2.05) is 11.0 Å². The molecule has 1 amide bonds. The molecule has 31 heavy (non-hydrogen) atoms. The maximum absolute atomic E-state index is 13.1. The first-order valence-electron chi connectivity index (χ1n) is 10.5. The molecule has 1 N–H and O–H groups in total. The van der Waals surface area contributed by atoms with Crippen molar-refractivity contribution in [3.63, 3.8) is 0 Å². The van der Waals surface area contributed by atoms with Crippen LogP contribution in [-0.2, 0) is 15.6 Å². The standard InChI is InChI=1S/C23H31N3O4S/c1-5-31(28,29)24-20-12-11-18(17-21(20)30-4)22(27)25-13-15-26(16-14-25)23(2,3)19-9-7-6-8-10-19/h6-12,17,24H,5,13-16H2,1-4H3. The summed E-state index contributed by atoms with van der Waals surface area (Å²) in [5.74, 6) is 0.201. The van der Waals surface area contributed by atoms with Gasteiger partial charge in [0.2, 0.25) is 10.0 Å². The lowest BCUT2D eigenvalue weighted by molar-refractivity contribution is 0.0391. The zero-order valence-electron chi connectivity index (χ0n) is 18.6. The lowest BCUT2D eigenvalue weighted by atomic mass is 9.91. The lowest BCUT2D eigenvalue weighted by Crippen LogP contribution is -2.54. The average Bonchev–Trinajstić information content (AvgIpc) is 2.79. The molecular weight excluding hydrogens is 414 g/mol. The minimum absolute atomic E-state index is 0.0412. The number of rotatable bonds is 7. The lowest BCUT2D eigenvalue weighted by Gasteiger charge is -2.44. The topological polar surface area (TPSA) is 79.0 Å². The molecule has 3 rings (SSSR count). The fourth-order valence-electron chi connectivity index (χ4n) is 3.83. The number of hydrogen-bond donors (Lipinski definition) is 1. The molecule has 0 unspecified atom stereocenters. The highest BCUT2D eigenvalue weighted by molar-refractivity contribution is 7.92. The van der Waals surface area contributed by atoms with E-state index in [4.69, 9.17) is 4.74 Å². The molecule has 168 valence electrons. The molecule has 1 aliphatic heterocycles. The number of hydrogen-bond acceptors (Lipinski definition) is 5. The van der Waals surface area contributed by atoms with Gasteiger partial charge < -0.3 is 9.64 Å². The fraction of sp³-hybridized carbons (Fsp3) is 0.435. The third kappa shape index (κ3) is 5.19. The first-order valence-corrected chi connectivity index (χ1v) is 12.1. The molecule has 0 radical (unpaired) electrons. The Balaban J connectivity index is 1.69. The van der Waals surface area contributed by atoms with Gasteiger partial charge in [0.25, 0.3) is 5.91 Å². The molecule has 2 aromatic carbocycles. The minimum Gasteiger partial charge on any atom is -0.495 e. The Morgan fingerprint density at radius 3 is 2.29 bits per heavy atom. The molecule has 0 aromatic heterocycles. The third-order valence-electron chi connectivity index (χ3n) is 5.93. The van der Waals surface area contributed by atoms with Gasteiger partial charge >= 0.3 is 0 Å². The van der Waals surface area contributed by atoms with Crippen molar-refractivity contribution in [2.24, 2.45) is 0 Å². The van der Waals surface area contributed by atoms with Crippen LogP contribution in [0.1, 0.15) is 36.7 Å². The summed E-state index contributed by atoms with van der Waals surface area (Å²) in [6.45, 7) is 8.79. The molecule has 0 bridgehead atoms. The number of methoxy groups -OCH3 is 1. The van der Waals surface area contributed by atoms with Crippen LogP contribution in [0.15, 0.2) is 48.5 Å². The van der Waals surface area contributed by atoms with Crippen molar-refractivity contribution in [1.29, 1.82) is 0 Å². The number of ether oxygens (including phenoxy) is 1. The number of carbonyl (C=O) groups excluding carboxylic acids is 1. The molecule has 8 heteroatoms. The maximum atomic E-state index is 13.1. The van der Waals surface area contributed by atoms with E-state index in [1.54, 1.807) is 25.1 Å². The maximum Gasteiger partial charge on any atom is 0.254 e.